The number of nitrogens with two attached hydrogens (primary N) is 1. The van der Waals surface area contributed by atoms with Crippen LogP contribution in [0.25, 0.3) is 0 Å². The zero-order valence-electron chi connectivity index (χ0n) is 34.1. The predicted molar refractivity (Wildman–Crippen MR) is 220 cm³/mol. The number of phosphoric ester groups is 1. The van der Waals surface area contributed by atoms with E-state index < -0.39 is 38.0 Å². The minimum atomic E-state index is -4.37. The van der Waals surface area contributed by atoms with Gasteiger partial charge in [-0.05, 0) is 70.3 Å². The van der Waals surface area contributed by atoms with Crippen LogP contribution in [0.2, 0.25) is 0 Å². The molecule has 12 heteroatoms. The van der Waals surface area contributed by atoms with Gasteiger partial charge in [-0.25, -0.2) is 4.57 Å². The number of esters is 1. The van der Waals surface area contributed by atoms with E-state index >= 15 is 0 Å². The number of phosphoric acid groups is 1. The van der Waals surface area contributed by atoms with E-state index in [1.165, 1.54) is 57.8 Å². The van der Waals surface area contributed by atoms with E-state index in [1.807, 2.05) is 18.2 Å². The summed E-state index contributed by atoms with van der Waals surface area (Å²) in [4.78, 5) is 35.1. The maximum absolute atomic E-state index is 12.7. The molecule has 1 unspecified atom stereocenters. The number of rotatable bonds is 36. The van der Waals surface area contributed by atoms with Crippen molar-refractivity contribution in [3.8, 4) is 0 Å². The van der Waals surface area contributed by atoms with Crippen molar-refractivity contribution in [3.05, 3.63) is 48.8 Å². The minimum Gasteiger partial charge on any atom is -0.498 e. The maximum atomic E-state index is 12.7. The number of unbranched alkanes of at least 4 members (excludes halogenated alkanes) is 14. The number of Topliss-reactive ketones (excluding diaryl/α,β-unsaturated/α-hetero) is 1. The highest BCUT2D eigenvalue weighted by atomic mass is 31.2. The monoisotopic (exact) mass is 798 g/mol. The van der Waals surface area contributed by atoms with E-state index in [0.717, 1.165) is 44.9 Å². The molecular weight excluding hydrogens is 721 g/mol. The highest BCUT2D eigenvalue weighted by Crippen LogP contribution is 2.43. The van der Waals surface area contributed by atoms with Crippen molar-refractivity contribution >= 4 is 19.6 Å². The molecule has 1 aliphatic rings. The molecule has 0 radical (unpaired) electrons. The van der Waals surface area contributed by atoms with Gasteiger partial charge in [0, 0.05) is 31.2 Å². The third kappa shape index (κ3) is 28.0. The number of carbonyl (C=O) groups is 2. The van der Waals surface area contributed by atoms with Crippen LogP contribution in [0.4, 0.5) is 0 Å². The van der Waals surface area contributed by atoms with Crippen molar-refractivity contribution in [2.75, 3.05) is 26.4 Å². The van der Waals surface area contributed by atoms with Gasteiger partial charge in [0.2, 0.25) is 0 Å². The van der Waals surface area contributed by atoms with Crippen LogP contribution in [0.3, 0.4) is 0 Å². The molecule has 0 aromatic heterocycles. The molecule has 6 atom stereocenters. The topological polar surface area (TPSA) is 175 Å². The van der Waals surface area contributed by atoms with Crippen LogP contribution in [-0.2, 0) is 32.7 Å². The number of aliphatic hydroxyl groups is 2. The molecule has 0 spiro atoms. The average Bonchev–Trinajstić information content (AvgIpc) is 3.43. The lowest BCUT2D eigenvalue weighted by molar-refractivity contribution is -0.153. The second-order valence-electron chi connectivity index (χ2n) is 14.7. The number of aliphatic hydroxyl groups excluding tert-OH is 2. The SMILES string of the molecule is CCCCCCCC/C=C\CCCCCC/C=C/OC[C@H](COP(=O)(O)OCCN)OC(=O)CCC/C=C\C[C@H]1[C@@H](O)CC(=O)[C@@H]1/C=C/[C@@H](O)CCCCC. The summed E-state index contributed by atoms with van der Waals surface area (Å²) >= 11 is 0. The quantitative estimate of drug-likeness (QED) is 0.0156. The van der Waals surface area contributed by atoms with Gasteiger partial charge in [0.05, 0.1) is 31.7 Å². The highest BCUT2D eigenvalue weighted by molar-refractivity contribution is 7.47. The van der Waals surface area contributed by atoms with Crippen LogP contribution in [0.15, 0.2) is 48.8 Å². The second-order valence-corrected chi connectivity index (χ2v) is 16.2. The fourth-order valence-electron chi connectivity index (χ4n) is 6.41. The number of hydrogen-bond donors (Lipinski definition) is 4. The smallest absolute Gasteiger partial charge is 0.472 e. The van der Waals surface area contributed by atoms with Crippen LogP contribution >= 0.6 is 7.82 Å². The average molecular weight is 798 g/mol. The molecule has 1 aliphatic carbocycles. The molecular formula is C43H76NO10P. The first-order chi connectivity index (χ1) is 26.6. The van der Waals surface area contributed by atoms with Crippen molar-refractivity contribution in [2.24, 2.45) is 17.6 Å². The Balaban J connectivity index is 2.41. The van der Waals surface area contributed by atoms with Crippen LogP contribution < -0.4 is 5.73 Å². The van der Waals surface area contributed by atoms with Crippen LogP contribution in [-0.4, -0.2) is 71.5 Å². The van der Waals surface area contributed by atoms with Gasteiger partial charge in [-0.3, -0.25) is 18.6 Å². The summed E-state index contributed by atoms with van der Waals surface area (Å²) in [6.45, 7) is 3.80. The molecule has 0 aliphatic heterocycles. The Kier molecular flexibility index (Phi) is 31.4. The third-order valence-corrected chi connectivity index (χ3v) is 10.6. The first-order valence-corrected chi connectivity index (χ1v) is 22.8. The fourth-order valence-corrected chi connectivity index (χ4v) is 7.17. The van der Waals surface area contributed by atoms with E-state index in [-0.39, 0.29) is 50.9 Å². The summed E-state index contributed by atoms with van der Waals surface area (Å²) < 4.78 is 33.1. The molecule has 0 bridgehead atoms. The Morgan fingerprint density at radius 3 is 2.11 bits per heavy atom. The third-order valence-electron chi connectivity index (χ3n) is 9.66. The molecule has 1 rings (SSSR count). The number of ketones is 1. The van der Waals surface area contributed by atoms with Crippen molar-refractivity contribution in [1.82, 2.24) is 0 Å². The van der Waals surface area contributed by atoms with Crippen molar-refractivity contribution in [1.29, 1.82) is 0 Å². The standard InChI is InChI=1S/C43H76NO10P/c1-3-5-7-8-9-10-11-12-13-14-15-16-17-18-21-25-32-51-35-38(36-53-55(49,50)52-33-31-44)54-43(48)28-24-20-19-23-27-39-40(42(47)34-41(39)46)30-29-37(45)26-22-6-4-2/h12-13,19,23,25,29-30,32,37-41,45-46H,3-11,14-18,20-22,24,26-28,31,33-36,44H2,1-2H3,(H,49,50)/b13-12-,23-19-,30-29+,32-25+/t37-,38+,39+,40+,41-/m0/s1. The van der Waals surface area contributed by atoms with E-state index in [1.54, 1.807) is 18.4 Å². The lowest BCUT2D eigenvalue weighted by Crippen LogP contribution is -2.27. The largest absolute Gasteiger partial charge is 0.498 e. The predicted octanol–water partition coefficient (Wildman–Crippen LogP) is 9.35. The summed E-state index contributed by atoms with van der Waals surface area (Å²) in [6.07, 6.45) is 34.4. The van der Waals surface area contributed by atoms with Gasteiger partial charge < -0.3 is 30.3 Å². The minimum absolute atomic E-state index is 0.0183. The molecule has 5 N–H and O–H groups in total. The lowest BCUT2D eigenvalue weighted by Gasteiger charge is -2.19. The van der Waals surface area contributed by atoms with Gasteiger partial charge >= 0.3 is 13.8 Å². The summed E-state index contributed by atoms with van der Waals surface area (Å²) in [5.41, 5.74) is 5.35. The highest BCUT2D eigenvalue weighted by Gasteiger charge is 2.39. The van der Waals surface area contributed by atoms with Crippen molar-refractivity contribution < 1.29 is 47.8 Å². The molecule has 0 amide bonds. The molecule has 0 aromatic carbocycles. The van der Waals surface area contributed by atoms with Crippen LogP contribution in [0, 0.1) is 11.8 Å². The zero-order chi connectivity index (χ0) is 40.4. The van der Waals surface area contributed by atoms with Gasteiger partial charge in [0.1, 0.15) is 12.4 Å². The van der Waals surface area contributed by atoms with Gasteiger partial charge in [-0.2, -0.15) is 0 Å². The normalized spacial score (nSPS) is 20.0. The molecule has 0 heterocycles. The van der Waals surface area contributed by atoms with Crippen molar-refractivity contribution in [2.45, 2.75) is 173 Å². The lowest BCUT2D eigenvalue weighted by atomic mass is 9.90. The van der Waals surface area contributed by atoms with Gasteiger partial charge in [0.15, 0.2) is 6.10 Å². The summed E-state index contributed by atoms with van der Waals surface area (Å²) in [7, 11) is -4.37. The molecule has 1 saturated carbocycles. The van der Waals surface area contributed by atoms with E-state index in [9.17, 15) is 29.3 Å². The van der Waals surface area contributed by atoms with Gasteiger partial charge in [0.25, 0.3) is 0 Å². The summed E-state index contributed by atoms with van der Waals surface area (Å²) in [6, 6.07) is 0. The van der Waals surface area contributed by atoms with Crippen LogP contribution in [0.5, 0.6) is 0 Å². The maximum Gasteiger partial charge on any atom is 0.472 e. The molecule has 318 valence electrons. The Morgan fingerprint density at radius 1 is 0.836 bits per heavy atom. The fraction of sp³-hybridized carbons (Fsp3) is 0.767. The van der Waals surface area contributed by atoms with E-state index in [0.29, 0.717) is 25.7 Å². The number of hydrogen-bond acceptors (Lipinski definition) is 10. The van der Waals surface area contributed by atoms with E-state index in [2.05, 4.69) is 26.0 Å². The molecule has 55 heavy (non-hydrogen) atoms. The molecule has 0 saturated heterocycles. The van der Waals surface area contributed by atoms with E-state index in [4.69, 9.17) is 24.3 Å². The van der Waals surface area contributed by atoms with Gasteiger partial charge in [-0.15, -0.1) is 0 Å². The Hall–Kier alpha value is -2.11. The van der Waals surface area contributed by atoms with Crippen LogP contribution in [0.1, 0.15) is 155 Å². The second kappa shape index (κ2) is 34.0. The zero-order valence-corrected chi connectivity index (χ0v) is 35.0. The Morgan fingerprint density at radius 2 is 1.44 bits per heavy atom. The molecule has 1 fully saturated rings. The van der Waals surface area contributed by atoms with Crippen molar-refractivity contribution in [3.63, 3.8) is 0 Å². The first-order valence-electron chi connectivity index (χ1n) is 21.3. The van der Waals surface area contributed by atoms with Gasteiger partial charge in [-0.1, -0.05) is 115 Å². The number of carbonyl (C=O) groups excluding carboxylic acids is 2. The first kappa shape index (κ1) is 50.9. The Bertz CT molecular complexity index is 1140. The summed E-state index contributed by atoms with van der Waals surface area (Å²) in [5.74, 6) is -1.20. The molecule has 0 aromatic rings. The number of allylic oxidation sites excluding steroid dienone is 6. The molecule has 11 nitrogen and oxygen atoms in total. The number of ether oxygens (including phenoxy) is 2. The summed E-state index contributed by atoms with van der Waals surface area (Å²) in [5, 5.41) is 20.7. The Labute approximate surface area is 332 Å².